The highest BCUT2D eigenvalue weighted by Crippen LogP contribution is 2.25. The van der Waals surface area contributed by atoms with E-state index in [4.69, 9.17) is 16.3 Å². The Bertz CT molecular complexity index is 809. The van der Waals surface area contributed by atoms with Crippen LogP contribution in [0.4, 0.5) is 5.69 Å². The second kappa shape index (κ2) is 7.09. The third kappa shape index (κ3) is 3.31. The summed E-state index contributed by atoms with van der Waals surface area (Å²) < 4.78 is 6.77. The summed E-state index contributed by atoms with van der Waals surface area (Å²) in [6.07, 6.45) is 0. The molecule has 0 aliphatic rings. The first-order chi connectivity index (χ1) is 11.3. The van der Waals surface area contributed by atoms with Crippen LogP contribution in [0, 0.1) is 20.8 Å². The highest BCUT2D eigenvalue weighted by atomic mass is 35.5. The van der Waals surface area contributed by atoms with Crippen molar-refractivity contribution in [2.24, 2.45) is 7.05 Å². The molecule has 5 nitrogen and oxygen atoms in total. The van der Waals surface area contributed by atoms with Crippen molar-refractivity contribution >= 4 is 29.2 Å². The molecule has 1 N–H and O–H groups in total. The van der Waals surface area contributed by atoms with Crippen molar-refractivity contribution in [3.8, 4) is 0 Å². The van der Waals surface area contributed by atoms with Crippen molar-refractivity contribution in [3.05, 3.63) is 51.3 Å². The number of carbonyl (C=O) groups is 2. The Morgan fingerprint density at radius 1 is 1.25 bits per heavy atom. The van der Waals surface area contributed by atoms with Gasteiger partial charge < -0.3 is 14.6 Å². The summed E-state index contributed by atoms with van der Waals surface area (Å²) in [7, 11) is 1.75. The molecular weight excluding hydrogens is 328 g/mol. The monoisotopic (exact) mass is 348 g/mol. The number of carbonyl (C=O) groups excluding carboxylic acids is 2. The lowest BCUT2D eigenvalue weighted by atomic mass is 10.1. The molecule has 1 aromatic carbocycles. The molecule has 128 valence electrons. The van der Waals surface area contributed by atoms with E-state index in [0.29, 0.717) is 33.2 Å². The van der Waals surface area contributed by atoms with Crippen molar-refractivity contribution in [3.63, 3.8) is 0 Å². The quantitative estimate of drug-likeness (QED) is 0.848. The van der Waals surface area contributed by atoms with Crippen LogP contribution in [0.25, 0.3) is 0 Å². The van der Waals surface area contributed by atoms with Gasteiger partial charge >= 0.3 is 5.97 Å². The summed E-state index contributed by atoms with van der Waals surface area (Å²) >= 11 is 6.00. The van der Waals surface area contributed by atoms with Crippen molar-refractivity contribution in [1.29, 1.82) is 0 Å². The molecule has 6 heteroatoms. The number of aromatic nitrogens is 1. The molecule has 0 fully saturated rings. The first kappa shape index (κ1) is 18.1. The van der Waals surface area contributed by atoms with Crippen LogP contribution in [-0.4, -0.2) is 23.1 Å². The molecular formula is C18H21ClN2O3. The molecule has 0 saturated carbocycles. The lowest BCUT2D eigenvalue weighted by molar-refractivity contribution is 0.0514. The Morgan fingerprint density at radius 3 is 2.54 bits per heavy atom. The number of nitrogens with one attached hydrogen (secondary N) is 1. The maximum atomic E-state index is 12.7. The zero-order chi connectivity index (χ0) is 18.0. The average Bonchev–Trinajstić information content (AvgIpc) is 2.73. The molecule has 0 atom stereocenters. The van der Waals surface area contributed by atoms with E-state index < -0.39 is 5.97 Å². The van der Waals surface area contributed by atoms with Gasteiger partial charge in [-0.15, -0.1) is 0 Å². The standard InChI is InChI=1S/C18H21ClN2O3/c1-6-24-18(23)16-11(3)15(12(4)21(16)5)17(22)20-14-9-13(19)8-7-10(14)2/h7-9H,6H2,1-5H3,(H,20,22). The second-order valence-electron chi connectivity index (χ2n) is 5.63. The number of anilines is 1. The largest absolute Gasteiger partial charge is 0.461 e. The number of aryl methyl sites for hydroxylation is 1. The summed E-state index contributed by atoms with van der Waals surface area (Å²) in [6.45, 7) is 7.47. The maximum Gasteiger partial charge on any atom is 0.355 e. The first-order valence-corrected chi connectivity index (χ1v) is 8.06. The fourth-order valence-electron chi connectivity index (χ4n) is 2.71. The Morgan fingerprint density at radius 2 is 1.92 bits per heavy atom. The van der Waals surface area contributed by atoms with Gasteiger partial charge in [0.2, 0.25) is 0 Å². The SMILES string of the molecule is CCOC(=O)c1c(C)c(C(=O)Nc2cc(Cl)ccc2C)c(C)n1C. The molecule has 0 bridgehead atoms. The van der Waals surface area contributed by atoms with Crippen LogP contribution in [-0.2, 0) is 11.8 Å². The van der Waals surface area contributed by atoms with E-state index in [1.54, 1.807) is 44.5 Å². The summed E-state index contributed by atoms with van der Waals surface area (Å²) in [5, 5.41) is 3.42. The van der Waals surface area contributed by atoms with Gasteiger partial charge in [-0.1, -0.05) is 17.7 Å². The molecule has 0 spiro atoms. The number of hydrogen-bond donors (Lipinski definition) is 1. The van der Waals surface area contributed by atoms with Crippen LogP contribution in [0.1, 0.15) is 44.6 Å². The zero-order valence-corrected chi connectivity index (χ0v) is 15.2. The van der Waals surface area contributed by atoms with Gasteiger partial charge in [-0.25, -0.2) is 4.79 Å². The number of esters is 1. The molecule has 2 rings (SSSR count). The number of ether oxygens (including phenoxy) is 1. The maximum absolute atomic E-state index is 12.7. The first-order valence-electron chi connectivity index (χ1n) is 7.68. The van der Waals surface area contributed by atoms with Gasteiger partial charge in [-0.05, 0) is 51.0 Å². The topological polar surface area (TPSA) is 60.3 Å². The molecule has 0 radical (unpaired) electrons. The molecule has 0 aliphatic carbocycles. The molecule has 2 aromatic rings. The fraction of sp³-hybridized carbons (Fsp3) is 0.333. The van der Waals surface area contributed by atoms with Gasteiger partial charge in [-0.3, -0.25) is 4.79 Å². The lowest BCUT2D eigenvalue weighted by Gasteiger charge is -2.09. The smallest absolute Gasteiger partial charge is 0.355 e. The summed E-state index contributed by atoms with van der Waals surface area (Å²) in [6, 6.07) is 5.31. The van der Waals surface area contributed by atoms with Crippen LogP contribution in [0.5, 0.6) is 0 Å². The normalized spacial score (nSPS) is 10.6. The van der Waals surface area contributed by atoms with E-state index in [2.05, 4.69) is 5.32 Å². The summed E-state index contributed by atoms with van der Waals surface area (Å²) in [5.41, 5.74) is 3.72. The summed E-state index contributed by atoms with van der Waals surface area (Å²) in [5.74, 6) is -0.708. The predicted molar refractivity (Wildman–Crippen MR) is 95.0 cm³/mol. The van der Waals surface area contributed by atoms with E-state index in [-0.39, 0.29) is 12.5 Å². The third-order valence-electron chi connectivity index (χ3n) is 4.07. The van der Waals surface area contributed by atoms with E-state index in [9.17, 15) is 9.59 Å². The number of hydrogen-bond acceptors (Lipinski definition) is 3. The minimum atomic E-state index is -0.432. The van der Waals surface area contributed by atoms with Crippen LogP contribution in [0.2, 0.25) is 5.02 Å². The number of halogens is 1. The van der Waals surface area contributed by atoms with Gasteiger partial charge in [0.1, 0.15) is 5.69 Å². The Hall–Kier alpha value is -2.27. The number of amides is 1. The number of rotatable bonds is 4. The highest BCUT2D eigenvalue weighted by Gasteiger charge is 2.25. The Balaban J connectivity index is 2.42. The van der Waals surface area contributed by atoms with E-state index in [1.165, 1.54) is 0 Å². The van der Waals surface area contributed by atoms with Crippen molar-refractivity contribution in [2.75, 3.05) is 11.9 Å². The summed E-state index contributed by atoms with van der Waals surface area (Å²) in [4.78, 5) is 24.9. The average molecular weight is 349 g/mol. The second-order valence-corrected chi connectivity index (χ2v) is 6.06. The van der Waals surface area contributed by atoms with E-state index >= 15 is 0 Å². The zero-order valence-electron chi connectivity index (χ0n) is 14.5. The molecule has 24 heavy (non-hydrogen) atoms. The molecule has 0 saturated heterocycles. The molecule has 1 heterocycles. The van der Waals surface area contributed by atoms with E-state index in [1.807, 2.05) is 13.0 Å². The highest BCUT2D eigenvalue weighted by molar-refractivity contribution is 6.31. The van der Waals surface area contributed by atoms with Crippen molar-refractivity contribution in [1.82, 2.24) is 4.57 Å². The van der Waals surface area contributed by atoms with Crippen LogP contribution >= 0.6 is 11.6 Å². The van der Waals surface area contributed by atoms with Crippen LogP contribution < -0.4 is 5.32 Å². The molecule has 0 aliphatic heterocycles. The third-order valence-corrected chi connectivity index (χ3v) is 4.31. The lowest BCUT2D eigenvalue weighted by Crippen LogP contribution is -2.15. The minimum absolute atomic E-state index is 0.276. The number of benzene rings is 1. The minimum Gasteiger partial charge on any atom is -0.461 e. The van der Waals surface area contributed by atoms with Crippen LogP contribution in [0.15, 0.2) is 18.2 Å². The Kier molecular flexibility index (Phi) is 5.34. The molecule has 1 amide bonds. The molecule has 0 unspecified atom stereocenters. The van der Waals surface area contributed by atoms with Gasteiger partial charge in [0.25, 0.3) is 5.91 Å². The van der Waals surface area contributed by atoms with Gasteiger partial charge in [0.05, 0.1) is 12.2 Å². The van der Waals surface area contributed by atoms with Gasteiger partial charge in [0, 0.05) is 23.5 Å². The Labute approximate surface area is 146 Å². The van der Waals surface area contributed by atoms with Crippen molar-refractivity contribution in [2.45, 2.75) is 27.7 Å². The van der Waals surface area contributed by atoms with Gasteiger partial charge in [-0.2, -0.15) is 0 Å². The van der Waals surface area contributed by atoms with Crippen LogP contribution in [0.3, 0.4) is 0 Å². The fourth-order valence-corrected chi connectivity index (χ4v) is 2.89. The van der Waals surface area contributed by atoms with Gasteiger partial charge in [0.15, 0.2) is 0 Å². The van der Waals surface area contributed by atoms with Crippen molar-refractivity contribution < 1.29 is 14.3 Å². The molecule has 1 aromatic heterocycles. The number of nitrogens with zero attached hydrogens (tertiary/aromatic N) is 1. The van der Waals surface area contributed by atoms with E-state index in [0.717, 1.165) is 5.56 Å². The predicted octanol–water partition coefficient (Wildman–Crippen LogP) is 4.03.